The van der Waals surface area contributed by atoms with Crippen LogP contribution < -0.4 is 9.47 Å². The Morgan fingerprint density at radius 3 is 1.83 bits per heavy atom. The van der Waals surface area contributed by atoms with Gasteiger partial charge in [0.25, 0.3) is 0 Å². The number of methoxy groups -OCH3 is 2. The lowest BCUT2D eigenvalue weighted by Crippen LogP contribution is -1.97. The number of ether oxygens (including phenoxy) is 2. The molecule has 0 saturated heterocycles. The van der Waals surface area contributed by atoms with Crippen molar-refractivity contribution in [3.8, 4) is 17.6 Å². The Bertz CT molecular complexity index is 1070. The van der Waals surface area contributed by atoms with Crippen molar-refractivity contribution in [2.45, 2.75) is 0 Å². The fraction of sp³-hybridized carbons (Fsp3) is 0.0769. The summed E-state index contributed by atoms with van der Waals surface area (Å²) in [6.07, 6.45) is 3.60. The van der Waals surface area contributed by atoms with Gasteiger partial charge >= 0.3 is 0 Å². The first-order valence-electron chi connectivity index (χ1n) is 9.28. The summed E-state index contributed by atoms with van der Waals surface area (Å²) >= 11 is 0. The van der Waals surface area contributed by atoms with E-state index in [9.17, 15) is 5.26 Å². The molecule has 146 valence electrons. The molecule has 0 aliphatic rings. The molecule has 3 aromatic carbocycles. The highest BCUT2D eigenvalue weighted by atomic mass is 16.5. The van der Waals surface area contributed by atoms with Gasteiger partial charge in [0.1, 0.15) is 11.5 Å². The minimum absolute atomic E-state index is 0.424. The van der Waals surface area contributed by atoms with Gasteiger partial charge in [-0.05, 0) is 35.4 Å². The second-order valence-electron chi connectivity index (χ2n) is 6.39. The van der Waals surface area contributed by atoms with Crippen molar-refractivity contribution in [2.24, 2.45) is 0 Å². The van der Waals surface area contributed by atoms with Crippen molar-refractivity contribution in [1.82, 2.24) is 0 Å². The third-order valence-electron chi connectivity index (χ3n) is 4.54. The van der Waals surface area contributed by atoms with Gasteiger partial charge in [-0.3, -0.25) is 0 Å². The fourth-order valence-corrected chi connectivity index (χ4v) is 3.07. The second-order valence-corrected chi connectivity index (χ2v) is 6.39. The van der Waals surface area contributed by atoms with Crippen molar-refractivity contribution >= 4 is 23.4 Å². The summed E-state index contributed by atoms with van der Waals surface area (Å²) in [7, 11) is 3.09. The summed E-state index contributed by atoms with van der Waals surface area (Å²) in [5.74, 6) is 0.996. The van der Waals surface area contributed by atoms with Gasteiger partial charge in [0.15, 0.2) is 5.70 Å². The molecule has 0 saturated carbocycles. The lowest BCUT2D eigenvalue weighted by molar-refractivity contribution is 0.401. The van der Waals surface area contributed by atoms with Crippen molar-refractivity contribution < 1.29 is 9.47 Å². The number of hydrogen-bond acceptors (Lipinski definition) is 3. The molecule has 0 spiro atoms. The average molecular weight is 392 g/mol. The number of hydrogen-bond donors (Lipinski definition) is 0. The minimum Gasteiger partial charge on any atom is -0.497 e. The molecule has 4 heteroatoms. The number of allylic oxidation sites excluding steroid dienone is 1. The lowest BCUT2D eigenvalue weighted by atomic mass is 9.98. The van der Waals surface area contributed by atoms with Crippen LogP contribution >= 0.6 is 0 Å². The molecule has 0 aromatic heterocycles. The topological polar surface area (TPSA) is 46.6 Å². The molecule has 0 unspecified atom stereocenters. The molecule has 0 aliphatic carbocycles. The van der Waals surface area contributed by atoms with Gasteiger partial charge in [0, 0.05) is 11.1 Å². The number of benzene rings is 3. The minimum atomic E-state index is 0.424. The van der Waals surface area contributed by atoms with Crippen LogP contribution in [-0.2, 0) is 0 Å². The van der Waals surface area contributed by atoms with Crippen LogP contribution in [0, 0.1) is 17.9 Å². The first-order chi connectivity index (χ1) is 14.7. The third-order valence-corrected chi connectivity index (χ3v) is 4.54. The van der Waals surface area contributed by atoms with Crippen molar-refractivity contribution in [3.63, 3.8) is 0 Å². The zero-order chi connectivity index (χ0) is 21.3. The van der Waals surface area contributed by atoms with E-state index in [0.717, 1.165) is 11.1 Å². The molecule has 0 atom stereocenters. The van der Waals surface area contributed by atoms with Crippen LogP contribution in [0.25, 0.3) is 28.3 Å². The maximum Gasteiger partial charge on any atom is 0.198 e. The Hall–Kier alpha value is -4.28. The lowest BCUT2D eigenvalue weighted by Gasteiger charge is -2.14. The first-order valence-corrected chi connectivity index (χ1v) is 9.28. The number of rotatable bonds is 6. The number of nitriles is 1. The highest BCUT2D eigenvalue weighted by Gasteiger charge is 2.17. The van der Waals surface area contributed by atoms with Crippen molar-refractivity contribution in [3.05, 3.63) is 106 Å². The molecule has 0 aliphatic heterocycles. The van der Waals surface area contributed by atoms with E-state index in [4.69, 9.17) is 16.0 Å². The standard InChI is InChI=1S/C26H20N2O2/c1-28-24(15-20-12-8-5-9-13-20)23-17-25(29-2)22(16-26(23)30-3)21(18-27)14-19-10-6-4-7-11-19/h4-17H,2-3H3/b21-14+,24-15-. The Morgan fingerprint density at radius 1 is 0.833 bits per heavy atom. The first kappa shape index (κ1) is 20.5. The largest absolute Gasteiger partial charge is 0.497 e. The van der Waals surface area contributed by atoms with E-state index in [0.29, 0.717) is 33.9 Å². The molecular formula is C26H20N2O2. The zero-order valence-electron chi connectivity index (χ0n) is 16.8. The molecule has 0 bridgehead atoms. The van der Waals surface area contributed by atoms with E-state index in [1.807, 2.05) is 60.7 Å². The van der Waals surface area contributed by atoms with E-state index < -0.39 is 0 Å². The summed E-state index contributed by atoms with van der Waals surface area (Å²) < 4.78 is 11.1. The van der Waals surface area contributed by atoms with Gasteiger partial charge in [-0.15, -0.1) is 0 Å². The van der Waals surface area contributed by atoms with Gasteiger partial charge in [-0.1, -0.05) is 60.7 Å². The van der Waals surface area contributed by atoms with Crippen molar-refractivity contribution in [2.75, 3.05) is 14.2 Å². The van der Waals surface area contributed by atoms with Crippen LogP contribution in [0.3, 0.4) is 0 Å². The van der Waals surface area contributed by atoms with E-state index in [1.54, 1.807) is 38.5 Å². The van der Waals surface area contributed by atoms with Crippen LogP contribution in [0.4, 0.5) is 0 Å². The molecule has 0 N–H and O–H groups in total. The van der Waals surface area contributed by atoms with Gasteiger partial charge < -0.3 is 9.47 Å². The van der Waals surface area contributed by atoms with Crippen LogP contribution in [0.15, 0.2) is 72.8 Å². The Morgan fingerprint density at radius 2 is 1.33 bits per heavy atom. The second kappa shape index (κ2) is 9.78. The Labute approximate surface area is 176 Å². The highest BCUT2D eigenvalue weighted by Crippen LogP contribution is 2.38. The fourth-order valence-electron chi connectivity index (χ4n) is 3.07. The van der Waals surface area contributed by atoms with Crippen LogP contribution in [0.2, 0.25) is 0 Å². The van der Waals surface area contributed by atoms with E-state index in [1.165, 1.54) is 0 Å². The molecule has 0 heterocycles. The van der Waals surface area contributed by atoms with Gasteiger partial charge in [0.2, 0.25) is 0 Å². The quantitative estimate of drug-likeness (QED) is 0.286. The van der Waals surface area contributed by atoms with E-state index >= 15 is 0 Å². The maximum atomic E-state index is 9.77. The Kier molecular flexibility index (Phi) is 6.66. The van der Waals surface area contributed by atoms with Crippen LogP contribution in [-0.4, -0.2) is 14.2 Å². The summed E-state index contributed by atoms with van der Waals surface area (Å²) in [6, 6.07) is 25.0. The maximum absolute atomic E-state index is 9.77. The van der Waals surface area contributed by atoms with Crippen molar-refractivity contribution in [1.29, 1.82) is 5.26 Å². The predicted octanol–water partition coefficient (Wildman–Crippen LogP) is 6.19. The summed E-state index contributed by atoms with van der Waals surface area (Å²) in [4.78, 5) is 3.70. The van der Waals surface area contributed by atoms with Crippen LogP contribution in [0.1, 0.15) is 22.3 Å². The molecule has 3 rings (SSSR count). The van der Waals surface area contributed by atoms with Gasteiger partial charge in [-0.25, -0.2) is 4.85 Å². The Balaban J connectivity index is 2.15. The summed E-state index contributed by atoms with van der Waals surface area (Å²) in [5, 5.41) is 9.77. The smallest absolute Gasteiger partial charge is 0.198 e. The molecular weight excluding hydrogens is 372 g/mol. The normalized spacial score (nSPS) is 11.3. The predicted molar refractivity (Wildman–Crippen MR) is 120 cm³/mol. The molecule has 0 amide bonds. The number of nitrogens with zero attached hydrogens (tertiary/aromatic N) is 2. The van der Waals surface area contributed by atoms with Crippen LogP contribution in [0.5, 0.6) is 11.5 Å². The summed E-state index contributed by atoms with van der Waals surface area (Å²) in [6.45, 7) is 7.67. The average Bonchev–Trinajstić information content (AvgIpc) is 2.81. The third kappa shape index (κ3) is 4.58. The van der Waals surface area contributed by atoms with E-state index in [-0.39, 0.29) is 0 Å². The molecule has 4 nitrogen and oxygen atoms in total. The highest BCUT2D eigenvalue weighted by molar-refractivity contribution is 5.94. The van der Waals surface area contributed by atoms with E-state index in [2.05, 4.69) is 10.9 Å². The molecule has 3 aromatic rings. The molecule has 0 radical (unpaired) electrons. The summed E-state index contributed by atoms with van der Waals surface area (Å²) in [5.41, 5.74) is 3.90. The van der Waals surface area contributed by atoms with Gasteiger partial charge in [-0.2, -0.15) is 5.26 Å². The van der Waals surface area contributed by atoms with Gasteiger partial charge in [0.05, 0.1) is 32.4 Å². The monoisotopic (exact) mass is 392 g/mol. The molecule has 0 fully saturated rings. The zero-order valence-corrected chi connectivity index (χ0v) is 16.8. The SMILES string of the molecule is [C-]#[N+]/C(=C\c1ccccc1)c1cc(OC)c(/C(C#N)=C/c2ccccc2)cc1OC. The molecule has 30 heavy (non-hydrogen) atoms.